The molecule has 0 unspecified atom stereocenters. The molecule has 0 atom stereocenters. The van der Waals surface area contributed by atoms with E-state index in [-0.39, 0.29) is 11.6 Å². The van der Waals surface area contributed by atoms with Crippen molar-refractivity contribution in [3.63, 3.8) is 0 Å². The molecule has 0 amide bonds. The van der Waals surface area contributed by atoms with Gasteiger partial charge in [0.25, 0.3) is 10.0 Å². The van der Waals surface area contributed by atoms with E-state index in [2.05, 4.69) is 16.6 Å². The van der Waals surface area contributed by atoms with Gasteiger partial charge in [-0.1, -0.05) is 6.08 Å². The summed E-state index contributed by atoms with van der Waals surface area (Å²) >= 11 is 0. The zero-order valence-electron chi connectivity index (χ0n) is 11.0. The van der Waals surface area contributed by atoms with Crippen LogP contribution in [0.15, 0.2) is 34.3 Å². The SMILES string of the molecule is C=CCCOCCNS(=O)(=O)c1ccc(CNC)o1. The van der Waals surface area contributed by atoms with Crippen LogP contribution in [-0.2, 0) is 21.3 Å². The summed E-state index contributed by atoms with van der Waals surface area (Å²) in [6.45, 7) is 5.12. The third-order valence-corrected chi connectivity index (χ3v) is 3.59. The van der Waals surface area contributed by atoms with Gasteiger partial charge in [-0.2, -0.15) is 0 Å². The predicted octanol–water partition coefficient (Wildman–Crippen LogP) is 0.870. The number of hydrogen-bond acceptors (Lipinski definition) is 5. The zero-order chi connectivity index (χ0) is 14.1. The third-order valence-electron chi connectivity index (χ3n) is 2.26. The van der Waals surface area contributed by atoms with E-state index in [0.29, 0.717) is 25.5 Å². The van der Waals surface area contributed by atoms with Crippen molar-refractivity contribution >= 4 is 10.0 Å². The number of rotatable bonds is 10. The first-order valence-electron chi connectivity index (χ1n) is 6.02. The van der Waals surface area contributed by atoms with Crippen molar-refractivity contribution in [3.8, 4) is 0 Å². The molecule has 0 aliphatic carbocycles. The largest absolute Gasteiger partial charge is 0.447 e. The summed E-state index contributed by atoms with van der Waals surface area (Å²) in [6, 6.07) is 3.07. The highest BCUT2D eigenvalue weighted by Gasteiger charge is 2.17. The summed E-state index contributed by atoms with van der Waals surface area (Å²) < 4.78 is 36.5. The number of sulfonamides is 1. The first kappa shape index (κ1) is 15.9. The molecule has 0 aromatic carbocycles. The topological polar surface area (TPSA) is 80.6 Å². The van der Waals surface area contributed by atoms with Crippen LogP contribution in [0.3, 0.4) is 0 Å². The molecular weight excluding hydrogens is 268 g/mol. The average molecular weight is 288 g/mol. The van der Waals surface area contributed by atoms with Crippen LogP contribution in [0.4, 0.5) is 0 Å². The lowest BCUT2D eigenvalue weighted by atomic mass is 10.4. The third kappa shape index (κ3) is 5.56. The molecule has 108 valence electrons. The maximum atomic E-state index is 11.8. The Morgan fingerprint density at radius 3 is 2.89 bits per heavy atom. The van der Waals surface area contributed by atoms with Crippen molar-refractivity contribution in [2.45, 2.75) is 18.1 Å². The second kappa shape index (κ2) is 8.11. The van der Waals surface area contributed by atoms with Crippen molar-refractivity contribution in [3.05, 3.63) is 30.5 Å². The van der Waals surface area contributed by atoms with E-state index in [1.54, 1.807) is 19.2 Å². The maximum Gasteiger partial charge on any atom is 0.274 e. The molecule has 1 rings (SSSR count). The molecule has 7 heteroatoms. The van der Waals surface area contributed by atoms with E-state index in [4.69, 9.17) is 9.15 Å². The van der Waals surface area contributed by atoms with Crippen LogP contribution in [-0.4, -0.2) is 35.2 Å². The smallest absolute Gasteiger partial charge is 0.274 e. The fourth-order valence-electron chi connectivity index (χ4n) is 1.36. The van der Waals surface area contributed by atoms with Gasteiger partial charge in [-0.05, 0) is 25.6 Å². The second-order valence-corrected chi connectivity index (χ2v) is 5.54. The van der Waals surface area contributed by atoms with Gasteiger partial charge in [0.2, 0.25) is 5.09 Å². The van der Waals surface area contributed by atoms with Crippen LogP contribution in [0.5, 0.6) is 0 Å². The molecule has 1 aromatic heterocycles. The van der Waals surface area contributed by atoms with Gasteiger partial charge >= 0.3 is 0 Å². The molecule has 0 bridgehead atoms. The van der Waals surface area contributed by atoms with Gasteiger partial charge < -0.3 is 14.5 Å². The van der Waals surface area contributed by atoms with Gasteiger partial charge in [0.15, 0.2) is 0 Å². The normalized spacial score (nSPS) is 11.6. The number of furan rings is 1. The molecule has 0 saturated heterocycles. The lowest BCUT2D eigenvalue weighted by molar-refractivity contribution is 0.144. The highest BCUT2D eigenvalue weighted by atomic mass is 32.2. The molecule has 1 aromatic rings. The minimum Gasteiger partial charge on any atom is -0.447 e. The maximum absolute atomic E-state index is 11.8. The van der Waals surface area contributed by atoms with Gasteiger partial charge in [0.05, 0.1) is 19.8 Å². The number of hydrogen-bond donors (Lipinski definition) is 2. The van der Waals surface area contributed by atoms with Gasteiger partial charge in [-0.15, -0.1) is 6.58 Å². The lowest BCUT2D eigenvalue weighted by Crippen LogP contribution is -2.27. The Morgan fingerprint density at radius 1 is 1.42 bits per heavy atom. The molecule has 0 aliphatic rings. The Hall–Kier alpha value is -1.15. The fourth-order valence-corrected chi connectivity index (χ4v) is 2.32. The van der Waals surface area contributed by atoms with Gasteiger partial charge in [0.1, 0.15) is 5.76 Å². The first-order valence-corrected chi connectivity index (χ1v) is 7.50. The first-order chi connectivity index (χ1) is 9.10. The molecule has 0 spiro atoms. The molecule has 0 fully saturated rings. The molecular formula is C12H20N2O4S. The molecule has 1 heterocycles. The molecule has 0 saturated carbocycles. The van der Waals surface area contributed by atoms with E-state index in [0.717, 1.165) is 6.42 Å². The quantitative estimate of drug-likeness (QED) is 0.493. The van der Waals surface area contributed by atoms with Crippen molar-refractivity contribution in [2.24, 2.45) is 0 Å². The molecule has 2 N–H and O–H groups in total. The number of nitrogens with one attached hydrogen (secondary N) is 2. The van der Waals surface area contributed by atoms with Crippen molar-refractivity contribution in [1.29, 1.82) is 0 Å². The van der Waals surface area contributed by atoms with Crippen molar-refractivity contribution < 1.29 is 17.6 Å². The van der Waals surface area contributed by atoms with Crippen LogP contribution < -0.4 is 10.0 Å². The van der Waals surface area contributed by atoms with Crippen LogP contribution in [0.2, 0.25) is 0 Å². The summed E-state index contributed by atoms with van der Waals surface area (Å²) in [7, 11) is -1.84. The minimum absolute atomic E-state index is 0.0798. The Kier molecular flexibility index (Phi) is 6.79. The summed E-state index contributed by atoms with van der Waals surface area (Å²) in [5.74, 6) is 0.574. The van der Waals surface area contributed by atoms with Gasteiger partial charge in [-0.3, -0.25) is 0 Å². The summed E-state index contributed by atoms with van der Waals surface area (Å²) in [5, 5.41) is 2.80. The second-order valence-electron chi connectivity index (χ2n) is 3.84. The Morgan fingerprint density at radius 2 is 2.21 bits per heavy atom. The van der Waals surface area contributed by atoms with E-state index in [1.165, 1.54) is 6.07 Å². The summed E-state index contributed by atoms with van der Waals surface area (Å²) in [6.07, 6.45) is 2.49. The van der Waals surface area contributed by atoms with Gasteiger partial charge in [0, 0.05) is 6.54 Å². The molecule has 0 radical (unpaired) electrons. The monoisotopic (exact) mass is 288 g/mol. The molecule has 0 aliphatic heterocycles. The van der Waals surface area contributed by atoms with E-state index < -0.39 is 10.0 Å². The van der Waals surface area contributed by atoms with Crippen molar-refractivity contribution in [1.82, 2.24) is 10.0 Å². The minimum atomic E-state index is -3.60. The Labute approximate surface area is 113 Å². The van der Waals surface area contributed by atoms with Gasteiger partial charge in [-0.25, -0.2) is 13.1 Å². The zero-order valence-corrected chi connectivity index (χ0v) is 11.8. The van der Waals surface area contributed by atoms with E-state index >= 15 is 0 Å². The molecule has 6 nitrogen and oxygen atoms in total. The Balaban J connectivity index is 2.39. The highest BCUT2D eigenvalue weighted by molar-refractivity contribution is 7.89. The summed E-state index contributed by atoms with van der Waals surface area (Å²) in [4.78, 5) is 0. The predicted molar refractivity (Wildman–Crippen MR) is 72.3 cm³/mol. The van der Waals surface area contributed by atoms with Crippen molar-refractivity contribution in [2.75, 3.05) is 26.8 Å². The van der Waals surface area contributed by atoms with Crippen LogP contribution in [0.25, 0.3) is 0 Å². The molecule has 19 heavy (non-hydrogen) atoms. The number of ether oxygens (including phenoxy) is 1. The lowest BCUT2D eigenvalue weighted by Gasteiger charge is -2.05. The van der Waals surface area contributed by atoms with Crippen LogP contribution >= 0.6 is 0 Å². The van der Waals surface area contributed by atoms with Crippen LogP contribution in [0, 0.1) is 0 Å². The van der Waals surface area contributed by atoms with E-state index in [1.807, 2.05) is 0 Å². The fraction of sp³-hybridized carbons (Fsp3) is 0.500. The standard InChI is InChI=1S/C12H20N2O4S/c1-3-4-8-17-9-7-14-19(15,16)12-6-5-11(18-12)10-13-2/h3,5-6,13-14H,1,4,7-10H2,2H3. The summed E-state index contributed by atoms with van der Waals surface area (Å²) in [5.41, 5.74) is 0. The average Bonchev–Trinajstić information content (AvgIpc) is 2.83. The van der Waals surface area contributed by atoms with Crippen LogP contribution in [0.1, 0.15) is 12.2 Å². The highest BCUT2D eigenvalue weighted by Crippen LogP contribution is 2.13. The Bertz CT molecular complexity index is 482. The van der Waals surface area contributed by atoms with E-state index in [9.17, 15) is 8.42 Å².